The molecule has 0 saturated heterocycles. The van der Waals surface area contributed by atoms with E-state index in [0.717, 1.165) is 24.3 Å². The van der Waals surface area contributed by atoms with E-state index in [4.69, 9.17) is 28.9 Å². The maximum Gasteiger partial charge on any atom is 0.261 e. The number of hydrogen-bond donors (Lipinski definition) is 2. The van der Waals surface area contributed by atoms with Crippen molar-refractivity contribution in [3.05, 3.63) is 52.3 Å². The van der Waals surface area contributed by atoms with Crippen LogP contribution in [0.15, 0.2) is 41.3 Å². The quantitative estimate of drug-likeness (QED) is 0.843. The number of hydrogen-bond acceptors (Lipinski definition) is 3. The van der Waals surface area contributed by atoms with E-state index >= 15 is 0 Å². The lowest BCUT2D eigenvalue weighted by Gasteiger charge is -2.12. The summed E-state index contributed by atoms with van der Waals surface area (Å²) in [5.74, 6) is -0.535. The topological polar surface area (TPSA) is 72.2 Å². The van der Waals surface area contributed by atoms with Crippen LogP contribution in [0.2, 0.25) is 10.0 Å². The summed E-state index contributed by atoms with van der Waals surface area (Å²) < 4.78 is 39.3. The van der Waals surface area contributed by atoms with Crippen LogP contribution in [-0.2, 0) is 10.0 Å². The molecule has 0 heterocycles. The van der Waals surface area contributed by atoms with E-state index in [2.05, 4.69) is 4.72 Å². The van der Waals surface area contributed by atoms with E-state index in [0.29, 0.717) is 5.69 Å². The fourth-order valence-electron chi connectivity index (χ4n) is 1.50. The molecule has 2 aromatic carbocycles. The van der Waals surface area contributed by atoms with Crippen LogP contribution in [0, 0.1) is 5.82 Å². The summed E-state index contributed by atoms with van der Waals surface area (Å²) in [5, 5.41) is 0.140. The third-order valence-electron chi connectivity index (χ3n) is 2.42. The van der Waals surface area contributed by atoms with Gasteiger partial charge in [-0.1, -0.05) is 23.2 Å². The molecule has 0 unspecified atom stereocenters. The van der Waals surface area contributed by atoms with Gasteiger partial charge in [-0.15, -0.1) is 0 Å². The Morgan fingerprint density at radius 3 is 2.05 bits per heavy atom. The van der Waals surface area contributed by atoms with Gasteiger partial charge in [-0.05, 0) is 36.4 Å². The summed E-state index contributed by atoms with van der Waals surface area (Å²) in [6, 6.07) is 7.10. The number of sulfonamides is 1. The Bertz CT molecular complexity index is 726. The lowest BCUT2D eigenvalue weighted by molar-refractivity contribution is 0.599. The molecule has 0 fully saturated rings. The normalized spacial score (nSPS) is 11.3. The fraction of sp³-hybridized carbons (Fsp3) is 0. The molecular formula is C12H9Cl2FN2O2S. The number of halogens is 3. The Kier molecular flexibility index (Phi) is 4.08. The number of benzene rings is 2. The van der Waals surface area contributed by atoms with Crippen LogP contribution in [0.1, 0.15) is 0 Å². The van der Waals surface area contributed by atoms with Gasteiger partial charge in [0.2, 0.25) is 0 Å². The highest BCUT2D eigenvalue weighted by Crippen LogP contribution is 2.34. The third-order valence-corrected chi connectivity index (χ3v) is 4.39. The second kappa shape index (κ2) is 5.47. The first-order valence-electron chi connectivity index (χ1n) is 5.32. The van der Waals surface area contributed by atoms with Gasteiger partial charge in [0.05, 0.1) is 20.6 Å². The number of anilines is 2. The molecule has 0 radical (unpaired) electrons. The van der Waals surface area contributed by atoms with Gasteiger partial charge in [-0.25, -0.2) is 12.8 Å². The summed E-state index contributed by atoms with van der Waals surface area (Å²) in [6.07, 6.45) is 0. The summed E-state index contributed by atoms with van der Waals surface area (Å²) in [4.78, 5) is -0.108. The van der Waals surface area contributed by atoms with Crippen molar-refractivity contribution in [1.29, 1.82) is 0 Å². The van der Waals surface area contributed by atoms with E-state index in [1.54, 1.807) is 0 Å². The van der Waals surface area contributed by atoms with Gasteiger partial charge in [0.1, 0.15) is 5.82 Å². The molecule has 0 aliphatic rings. The van der Waals surface area contributed by atoms with Crippen molar-refractivity contribution < 1.29 is 12.8 Å². The van der Waals surface area contributed by atoms with E-state index < -0.39 is 15.8 Å². The molecule has 0 spiro atoms. The van der Waals surface area contributed by atoms with Crippen LogP contribution >= 0.6 is 23.2 Å². The molecule has 2 aromatic rings. The van der Waals surface area contributed by atoms with Crippen molar-refractivity contribution in [2.45, 2.75) is 4.90 Å². The first kappa shape index (κ1) is 14.9. The smallest absolute Gasteiger partial charge is 0.261 e. The molecule has 4 nitrogen and oxygen atoms in total. The maximum atomic E-state index is 12.8. The van der Waals surface area contributed by atoms with Crippen LogP contribution in [-0.4, -0.2) is 8.42 Å². The predicted octanol–water partition coefficient (Wildman–Crippen LogP) is 3.52. The van der Waals surface area contributed by atoms with E-state index in [-0.39, 0.29) is 20.6 Å². The van der Waals surface area contributed by atoms with Crippen molar-refractivity contribution in [2.75, 3.05) is 10.5 Å². The second-order valence-corrected chi connectivity index (χ2v) is 6.42. The van der Waals surface area contributed by atoms with Crippen LogP contribution in [0.3, 0.4) is 0 Å². The zero-order valence-electron chi connectivity index (χ0n) is 9.90. The Morgan fingerprint density at radius 1 is 1.05 bits per heavy atom. The van der Waals surface area contributed by atoms with Crippen LogP contribution in [0.25, 0.3) is 0 Å². The van der Waals surface area contributed by atoms with Crippen molar-refractivity contribution in [3.63, 3.8) is 0 Å². The SMILES string of the molecule is Nc1cc(Cl)c(NS(=O)(=O)c2ccc(F)cc2)c(Cl)c1. The zero-order chi connectivity index (χ0) is 14.9. The monoisotopic (exact) mass is 334 g/mol. The predicted molar refractivity (Wildman–Crippen MR) is 78.1 cm³/mol. The van der Waals surface area contributed by atoms with E-state index in [9.17, 15) is 12.8 Å². The molecule has 2 rings (SSSR count). The Hall–Kier alpha value is -1.50. The molecule has 106 valence electrons. The Labute approximate surface area is 125 Å². The molecule has 0 aromatic heterocycles. The molecule has 0 saturated carbocycles. The second-order valence-electron chi connectivity index (χ2n) is 3.92. The summed E-state index contributed by atoms with van der Waals surface area (Å²) in [5.41, 5.74) is 5.86. The van der Waals surface area contributed by atoms with Crippen LogP contribution < -0.4 is 10.5 Å². The molecule has 20 heavy (non-hydrogen) atoms. The summed E-state index contributed by atoms with van der Waals surface area (Å²) >= 11 is 11.8. The lowest BCUT2D eigenvalue weighted by atomic mass is 10.3. The van der Waals surface area contributed by atoms with Gasteiger partial charge < -0.3 is 5.73 Å². The van der Waals surface area contributed by atoms with Crippen LogP contribution in [0.4, 0.5) is 15.8 Å². The minimum Gasteiger partial charge on any atom is -0.399 e. The highest BCUT2D eigenvalue weighted by atomic mass is 35.5. The molecule has 0 aliphatic heterocycles. The van der Waals surface area contributed by atoms with Crippen molar-refractivity contribution in [1.82, 2.24) is 0 Å². The number of nitrogen functional groups attached to an aromatic ring is 1. The molecule has 3 N–H and O–H groups in total. The molecule has 0 bridgehead atoms. The Balaban J connectivity index is 2.41. The highest BCUT2D eigenvalue weighted by Gasteiger charge is 2.18. The highest BCUT2D eigenvalue weighted by molar-refractivity contribution is 7.92. The zero-order valence-corrected chi connectivity index (χ0v) is 12.2. The minimum absolute atomic E-state index is 0.0202. The number of rotatable bonds is 3. The number of nitrogens with one attached hydrogen (secondary N) is 1. The van der Waals surface area contributed by atoms with Gasteiger partial charge in [0.15, 0.2) is 0 Å². The largest absolute Gasteiger partial charge is 0.399 e. The first-order chi connectivity index (χ1) is 9.29. The van der Waals surface area contributed by atoms with E-state index in [1.165, 1.54) is 12.1 Å². The molecular weight excluding hydrogens is 326 g/mol. The van der Waals surface area contributed by atoms with Crippen LogP contribution in [0.5, 0.6) is 0 Å². The average molecular weight is 335 g/mol. The fourth-order valence-corrected chi connectivity index (χ4v) is 3.31. The van der Waals surface area contributed by atoms with Crippen molar-refractivity contribution in [3.8, 4) is 0 Å². The summed E-state index contributed by atoms with van der Waals surface area (Å²) in [6.45, 7) is 0. The average Bonchev–Trinajstić information content (AvgIpc) is 2.34. The van der Waals surface area contributed by atoms with Gasteiger partial charge in [-0.2, -0.15) is 0 Å². The van der Waals surface area contributed by atoms with Crippen molar-refractivity contribution >= 4 is 44.6 Å². The van der Waals surface area contributed by atoms with Crippen molar-refractivity contribution in [2.24, 2.45) is 0 Å². The van der Waals surface area contributed by atoms with Gasteiger partial charge in [-0.3, -0.25) is 4.72 Å². The standard InChI is InChI=1S/C12H9Cl2FN2O2S/c13-10-5-8(16)6-11(14)12(10)17-20(18,19)9-3-1-7(15)2-4-9/h1-6,17H,16H2. The maximum absolute atomic E-state index is 12.8. The van der Waals surface area contributed by atoms with E-state index in [1.807, 2.05) is 0 Å². The third kappa shape index (κ3) is 3.15. The van der Waals surface area contributed by atoms with Gasteiger partial charge in [0.25, 0.3) is 10.0 Å². The molecule has 0 atom stereocenters. The minimum atomic E-state index is -3.91. The molecule has 8 heteroatoms. The van der Waals surface area contributed by atoms with Gasteiger partial charge in [0, 0.05) is 5.69 Å². The van der Waals surface area contributed by atoms with Gasteiger partial charge >= 0.3 is 0 Å². The lowest BCUT2D eigenvalue weighted by Crippen LogP contribution is -2.13. The molecule has 0 aliphatic carbocycles. The summed E-state index contributed by atoms with van der Waals surface area (Å²) in [7, 11) is -3.91. The first-order valence-corrected chi connectivity index (χ1v) is 7.56. The number of nitrogens with two attached hydrogens (primary N) is 1. The Morgan fingerprint density at radius 2 is 1.55 bits per heavy atom. The molecule has 0 amide bonds.